The van der Waals surface area contributed by atoms with E-state index in [1.54, 1.807) is 4.90 Å². The van der Waals surface area contributed by atoms with E-state index in [4.69, 9.17) is 11.6 Å². The lowest BCUT2D eigenvalue weighted by Crippen LogP contribution is -2.59. The minimum atomic E-state index is -0.517. The van der Waals surface area contributed by atoms with Crippen LogP contribution >= 0.6 is 11.6 Å². The third-order valence-electron chi connectivity index (χ3n) is 6.04. The quantitative estimate of drug-likeness (QED) is 0.561. The van der Waals surface area contributed by atoms with Gasteiger partial charge in [0.1, 0.15) is 5.88 Å². The summed E-state index contributed by atoms with van der Waals surface area (Å²) < 4.78 is 0. The van der Waals surface area contributed by atoms with Crippen LogP contribution in [0, 0.1) is 0 Å². The zero-order valence-electron chi connectivity index (χ0n) is 16.2. The Bertz CT molecular complexity index is 719. The number of nitrogens with zero attached hydrogens (tertiary/aromatic N) is 1. The van der Waals surface area contributed by atoms with Crippen LogP contribution in [0.1, 0.15) is 44.6 Å². The predicted octanol–water partition coefficient (Wildman–Crippen LogP) is 1.96. The van der Waals surface area contributed by atoms with Crippen molar-refractivity contribution in [1.82, 2.24) is 15.5 Å². The third kappa shape index (κ3) is 4.32. The molecule has 1 aliphatic heterocycles. The molecule has 1 heterocycles. The van der Waals surface area contributed by atoms with Crippen molar-refractivity contribution in [2.45, 2.75) is 56.5 Å². The Morgan fingerprint density at radius 2 is 1.93 bits per heavy atom. The summed E-state index contributed by atoms with van der Waals surface area (Å²) in [6.07, 6.45) is 4.15. The van der Waals surface area contributed by atoms with Gasteiger partial charge in [0.2, 0.25) is 5.91 Å². The monoisotopic (exact) mass is 405 g/mol. The smallest absolute Gasteiger partial charge is 0.312 e. The van der Waals surface area contributed by atoms with Crippen LogP contribution in [0.5, 0.6) is 0 Å². The first-order valence-corrected chi connectivity index (χ1v) is 10.5. The number of nitrogens with one attached hydrogen (secondary N) is 2. The lowest BCUT2D eigenvalue weighted by Gasteiger charge is -2.48. The highest BCUT2D eigenvalue weighted by molar-refractivity contribution is 6.35. The molecule has 2 aliphatic rings. The van der Waals surface area contributed by atoms with E-state index in [2.05, 4.69) is 10.6 Å². The first-order chi connectivity index (χ1) is 13.5. The molecule has 6 nitrogen and oxygen atoms in total. The highest BCUT2D eigenvalue weighted by atomic mass is 35.5. The number of rotatable bonds is 6. The number of carbonyl (C=O) groups excluding carboxylic acids is 3. The van der Waals surface area contributed by atoms with Gasteiger partial charge >= 0.3 is 11.8 Å². The van der Waals surface area contributed by atoms with E-state index in [0.717, 1.165) is 24.8 Å². The molecule has 152 valence electrons. The number of alkyl halides is 1. The van der Waals surface area contributed by atoms with Gasteiger partial charge < -0.3 is 15.5 Å². The Morgan fingerprint density at radius 1 is 1.21 bits per heavy atom. The number of likely N-dealkylation sites (tertiary alicyclic amines) is 1. The summed E-state index contributed by atoms with van der Waals surface area (Å²) in [6.45, 7) is 3.17. The minimum absolute atomic E-state index is 0.0754. The molecule has 1 aromatic rings. The lowest BCUT2D eigenvalue weighted by molar-refractivity contribution is -0.147. The molecule has 2 fully saturated rings. The van der Waals surface area contributed by atoms with Crippen LogP contribution < -0.4 is 10.6 Å². The van der Waals surface area contributed by atoms with Crippen LogP contribution in [0.2, 0.25) is 0 Å². The van der Waals surface area contributed by atoms with E-state index in [1.807, 2.05) is 37.3 Å². The van der Waals surface area contributed by atoms with E-state index in [0.29, 0.717) is 25.9 Å². The molecule has 1 unspecified atom stereocenters. The summed E-state index contributed by atoms with van der Waals surface area (Å²) in [6, 6.07) is 10.0. The van der Waals surface area contributed by atoms with Crippen molar-refractivity contribution < 1.29 is 14.4 Å². The summed E-state index contributed by atoms with van der Waals surface area (Å²) >= 11 is 5.60. The van der Waals surface area contributed by atoms with Gasteiger partial charge in [0.15, 0.2) is 0 Å². The number of hydrogen-bond acceptors (Lipinski definition) is 3. The average Bonchev–Trinajstić information content (AvgIpc) is 3.17. The molecule has 1 aliphatic carbocycles. The normalized spacial score (nSPS) is 26.4. The summed E-state index contributed by atoms with van der Waals surface area (Å²) in [5.74, 6) is -1.22. The molecule has 3 amide bonds. The van der Waals surface area contributed by atoms with E-state index < -0.39 is 11.8 Å². The molecule has 28 heavy (non-hydrogen) atoms. The topological polar surface area (TPSA) is 78.5 Å². The number of amides is 3. The van der Waals surface area contributed by atoms with Crippen molar-refractivity contribution in [1.29, 1.82) is 0 Å². The van der Waals surface area contributed by atoms with Gasteiger partial charge in [0.25, 0.3) is 0 Å². The maximum Gasteiger partial charge on any atom is 0.312 e. The molecule has 0 bridgehead atoms. The Balaban J connectivity index is 1.60. The molecule has 0 aromatic heterocycles. The number of benzene rings is 1. The van der Waals surface area contributed by atoms with Crippen molar-refractivity contribution in [3.63, 3.8) is 0 Å². The van der Waals surface area contributed by atoms with Crippen molar-refractivity contribution in [3.05, 3.63) is 35.9 Å². The maximum absolute atomic E-state index is 12.5. The molecule has 1 aromatic carbocycles. The van der Waals surface area contributed by atoms with Gasteiger partial charge in [-0.05, 0) is 37.7 Å². The zero-order valence-corrected chi connectivity index (χ0v) is 17.0. The summed E-state index contributed by atoms with van der Waals surface area (Å²) in [5.41, 5.74) is 0.871. The van der Waals surface area contributed by atoms with Crippen LogP contribution in [-0.2, 0) is 19.8 Å². The second kappa shape index (κ2) is 8.95. The van der Waals surface area contributed by atoms with E-state index in [-0.39, 0.29) is 29.3 Å². The van der Waals surface area contributed by atoms with Crippen LogP contribution in [0.25, 0.3) is 0 Å². The predicted molar refractivity (Wildman–Crippen MR) is 108 cm³/mol. The Hall–Kier alpha value is -2.08. The fourth-order valence-corrected chi connectivity index (χ4v) is 4.57. The van der Waals surface area contributed by atoms with Crippen molar-refractivity contribution in [3.8, 4) is 0 Å². The molecule has 2 N–H and O–H groups in total. The minimum Gasteiger partial charge on any atom is -0.354 e. The molecular weight excluding hydrogens is 378 g/mol. The van der Waals surface area contributed by atoms with E-state index >= 15 is 0 Å². The zero-order chi connectivity index (χ0) is 20.1. The number of carbonyl (C=O) groups is 3. The first kappa shape index (κ1) is 20.6. The van der Waals surface area contributed by atoms with E-state index in [9.17, 15) is 14.4 Å². The molecule has 1 atom stereocenters. The number of hydrogen-bond donors (Lipinski definition) is 2. The van der Waals surface area contributed by atoms with Crippen LogP contribution in [0.4, 0.5) is 0 Å². The standard InChI is InChI=1S/C21H28ClN3O3/c1-2-17-9-6-10-25(17)20(28)19(27)24-16-11-21(12-16,14-23-18(26)13-22)15-7-4-3-5-8-15/h3-5,7-8,16-17H,2,6,9-14H2,1H3,(H,23,26)(H,24,27). The van der Waals surface area contributed by atoms with Gasteiger partial charge in [-0.1, -0.05) is 37.3 Å². The molecule has 3 rings (SSSR count). The van der Waals surface area contributed by atoms with Gasteiger partial charge in [-0.25, -0.2) is 0 Å². The largest absolute Gasteiger partial charge is 0.354 e. The third-order valence-corrected chi connectivity index (χ3v) is 6.29. The van der Waals surface area contributed by atoms with Crippen LogP contribution in [0.15, 0.2) is 30.3 Å². The van der Waals surface area contributed by atoms with Crippen molar-refractivity contribution >= 4 is 29.3 Å². The molecule has 1 saturated carbocycles. The highest BCUT2D eigenvalue weighted by Crippen LogP contribution is 2.43. The second-order valence-electron chi connectivity index (χ2n) is 7.84. The number of halogens is 1. The van der Waals surface area contributed by atoms with Crippen molar-refractivity contribution in [2.24, 2.45) is 0 Å². The molecular formula is C21H28ClN3O3. The van der Waals surface area contributed by atoms with E-state index in [1.165, 1.54) is 0 Å². The summed E-state index contributed by atoms with van der Waals surface area (Å²) in [5, 5.41) is 5.76. The second-order valence-corrected chi connectivity index (χ2v) is 8.11. The SMILES string of the molecule is CCC1CCCN1C(=O)C(=O)NC1CC(CNC(=O)CCl)(c2ccccc2)C1. The maximum atomic E-state index is 12.5. The lowest BCUT2D eigenvalue weighted by atomic mass is 9.61. The van der Waals surface area contributed by atoms with Gasteiger partial charge in [-0.15, -0.1) is 11.6 Å². The fraction of sp³-hybridized carbons (Fsp3) is 0.571. The van der Waals surface area contributed by atoms with Gasteiger partial charge in [0, 0.05) is 30.6 Å². The molecule has 1 saturated heterocycles. The van der Waals surface area contributed by atoms with Gasteiger partial charge in [0.05, 0.1) is 0 Å². The average molecular weight is 406 g/mol. The Morgan fingerprint density at radius 3 is 2.57 bits per heavy atom. The van der Waals surface area contributed by atoms with Crippen LogP contribution in [0.3, 0.4) is 0 Å². The highest BCUT2D eigenvalue weighted by Gasteiger charge is 2.47. The summed E-state index contributed by atoms with van der Waals surface area (Å²) in [4.78, 5) is 38.3. The van der Waals surface area contributed by atoms with Crippen molar-refractivity contribution in [2.75, 3.05) is 19.0 Å². The molecule has 7 heteroatoms. The molecule has 0 spiro atoms. The van der Waals surface area contributed by atoms with Crippen LogP contribution in [-0.4, -0.2) is 53.7 Å². The first-order valence-electron chi connectivity index (χ1n) is 9.98. The van der Waals surface area contributed by atoms with Gasteiger partial charge in [-0.2, -0.15) is 0 Å². The van der Waals surface area contributed by atoms with Gasteiger partial charge in [-0.3, -0.25) is 14.4 Å². The Kier molecular flexibility index (Phi) is 6.60. The fourth-order valence-electron chi connectivity index (χ4n) is 4.48. The summed E-state index contributed by atoms with van der Waals surface area (Å²) in [7, 11) is 0. The Labute approximate surface area is 171 Å². The molecule has 0 radical (unpaired) electrons.